The van der Waals surface area contributed by atoms with Crippen molar-refractivity contribution in [2.45, 2.75) is 6.42 Å². The van der Waals surface area contributed by atoms with Gasteiger partial charge in [-0.3, -0.25) is 9.00 Å². The number of rotatable bonds is 7. The van der Waals surface area contributed by atoms with Gasteiger partial charge in [-0.15, -0.1) is 0 Å². The minimum atomic E-state index is -1.04. The molecular weight excluding hydrogens is 310 g/mol. The number of aromatic nitrogens is 1. The van der Waals surface area contributed by atoms with Gasteiger partial charge in [-0.25, -0.2) is 4.98 Å². The number of hydrogen-bond acceptors (Lipinski definition) is 6. The monoisotopic (exact) mass is 327 g/mol. The molecule has 0 saturated heterocycles. The minimum Gasteiger partial charge on any atom is -0.399 e. The van der Waals surface area contributed by atoms with Crippen molar-refractivity contribution >= 4 is 49.1 Å². The number of thiazole rings is 1. The van der Waals surface area contributed by atoms with Crippen LogP contribution in [-0.4, -0.2) is 40.3 Å². The van der Waals surface area contributed by atoms with E-state index in [-0.39, 0.29) is 12.3 Å². The molecule has 21 heavy (non-hydrogen) atoms. The summed E-state index contributed by atoms with van der Waals surface area (Å²) in [6.07, 6.45) is 0.203. The van der Waals surface area contributed by atoms with Crippen molar-refractivity contribution in [2.24, 2.45) is 0 Å². The van der Waals surface area contributed by atoms with Gasteiger partial charge in [0.15, 0.2) is 5.13 Å². The Morgan fingerprint density at radius 2 is 2.29 bits per heavy atom. The molecule has 0 aliphatic heterocycles. The van der Waals surface area contributed by atoms with Crippen LogP contribution in [0.15, 0.2) is 18.2 Å². The van der Waals surface area contributed by atoms with E-state index in [1.165, 1.54) is 11.3 Å². The lowest BCUT2D eigenvalue weighted by molar-refractivity contribution is -0.115. The molecule has 1 atom stereocenters. The van der Waals surface area contributed by atoms with Crippen LogP contribution in [-0.2, 0) is 20.3 Å². The molecule has 114 valence electrons. The van der Waals surface area contributed by atoms with Crippen LogP contribution < -0.4 is 11.1 Å². The second-order valence-electron chi connectivity index (χ2n) is 4.39. The molecule has 0 aliphatic carbocycles. The summed E-state index contributed by atoms with van der Waals surface area (Å²) in [5.74, 6) is 0.588. The highest BCUT2D eigenvalue weighted by Crippen LogP contribution is 2.27. The van der Waals surface area contributed by atoms with E-state index in [9.17, 15) is 9.00 Å². The van der Waals surface area contributed by atoms with Gasteiger partial charge in [0.25, 0.3) is 0 Å². The summed E-state index contributed by atoms with van der Waals surface area (Å²) in [5, 5.41) is 3.26. The average Bonchev–Trinajstić information content (AvgIpc) is 2.84. The standard InChI is InChI=1S/C13H17N3O3S2/c1-19-5-7-21(18)6-4-12(17)16-13-15-10-3-2-9(14)8-11(10)20-13/h2-3,8H,4-7,14H2,1H3,(H,15,16,17). The Hall–Kier alpha value is -1.51. The molecule has 0 radical (unpaired) electrons. The third kappa shape index (κ3) is 4.76. The first-order valence-electron chi connectivity index (χ1n) is 6.38. The van der Waals surface area contributed by atoms with Crippen LogP contribution in [0.3, 0.4) is 0 Å². The molecule has 1 aromatic carbocycles. The van der Waals surface area contributed by atoms with E-state index in [4.69, 9.17) is 10.5 Å². The number of benzene rings is 1. The predicted octanol–water partition coefficient (Wildman–Crippen LogP) is 1.60. The SMILES string of the molecule is COCCS(=O)CCC(=O)Nc1nc2ccc(N)cc2s1. The lowest BCUT2D eigenvalue weighted by atomic mass is 10.3. The van der Waals surface area contributed by atoms with Crippen LogP contribution in [0.5, 0.6) is 0 Å². The van der Waals surface area contributed by atoms with E-state index in [1.54, 1.807) is 13.2 Å². The normalized spacial score (nSPS) is 12.4. The molecular formula is C13H17N3O3S2. The van der Waals surface area contributed by atoms with Crippen LogP contribution in [0, 0.1) is 0 Å². The number of carbonyl (C=O) groups is 1. The molecule has 1 heterocycles. The van der Waals surface area contributed by atoms with Crippen molar-refractivity contribution in [1.82, 2.24) is 4.98 Å². The third-order valence-corrected chi connectivity index (χ3v) is 4.95. The number of ether oxygens (including phenoxy) is 1. The molecule has 0 saturated carbocycles. The van der Waals surface area contributed by atoms with Crippen molar-refractivity contribution in [3.63, 3.8) is 0 Å². The van der Waals surface area contributed by atoms with Crippen molar-refractivity contribution in [1.29, 1.82) is 0 Å². The van der Waals surface area contributed by atoms with E-state index >= 15 is 0 Å². The number of hydrogen-bond donors (Lipinski definition) is 2. The lowest BCUT2D eigenvalue weighted by Gasteiger charge is -2.02. The van der Waals surface area contributed by atoms with Gasteiger partial charge in [0.1, 0.15) is 0 Å². The Morgan fingerprint density at radius 1 is 1.48 bits per heavy atom. The second-order valence-corrected chi connectivity index (χ2v) is 7.11. The van der Waals surface area contributed by atoms with Gasteiger partial charge >= 0.3 is 0 Å². The molecule has 1 amide bonds. The first-order chi connectivity index (χ1) is 10.1. The van der Waals surface area contributed by atoms with Crippen molar-refractivity contribution in [3.8, 4) is 0 Å². The summed E-state index contributed by atoms with van der Waals surface area (Å²) in [4.78, 5) is 16.1. The predicted molar refractivity (Wildman–Crippen MR) is 87.0 cm³/mol. The van der Waals surface area contributed by atoms with Gasteiger partial charge in [0.05, 0.1) is 16.8 Å². The summed E-state index contributed by atoms with van der Waals surface area (Å²) in [6, 6.07) is 5.41. The van der Waals surface area contributed by atoms with Gasteiger partial charge in [0, 0.05) is 41.5 Å². The number of nitrogens with one attached hydrogen (secondary N) is 1. The van der Waals surface area contributed by atoms with Crippen molar-refractivity contribution < 1.29 is 13.7 Å². The van der Waals surface area contributed by atoms with Crippen molar-refractivity contribution in [2.75, 3.05) is 36.3 Å². The molecule has 0 bridgehead atoms. The highest BCUT2D eigenvalue weighted by molar-refractivity contribution is 7.85. The van der Waals surface area contributed by atoms with Crippen LogP contribution in [0.1, 0.15) is 6.42 Å². The molecule has 2 aromatic rings. The largest absolute Gasteiger partial charge is 0.399 e. The van der Waals surface area contributed by atoms with Crippen LogP contribution in [0.25, 0.3) is 10.2 Å². The zero-order valence-electron chi connectivity index (χ0n) is 11.6. The second kappa shape index (κ2) is 7.48. The Morgan fingerprint density at radius 3 is 3.05 bits per heavy atom. The molecule has 2 rings (SSSR count). The van der Waals surface area contributed by atoms with Crippen molar-refractivity contribution in [3.05, 3.63) is 18.2 Å². The fraction of sp³-hybridized carbons (Fsp3) is 0.385. The number of nitrogens with two attached hydrogens (primary N) is 1. The Balaban J connectivity index is 1.88. The van der Waals surface area contributed by atoms with Crippen LogP contribution in [0.2, 0.25) is 0 Å². The first kappa shape index (κ1) is 15.9. The molecule has 0 aliphatic rings. The zero-order chi connectivity index (χ0) is 15.2. The quantitative estimate of drug-likeness (QED) is 0.753. The summed E-state index contributed by atoms with van der Waals surface area (Å²) in [6.45, 7) is 0.438. The minimum absolute atomic E-state index is 0.187. The lowest BCUT2D eigenvalue weighted by Crippen LogP contribution is -2.16. The number of nitrogen functional groups attached to an aromatic ring is 1. The molecule has 6 nitrogen and oxygen atoms in total. The summed E-state index contributed by atoms with van der Waals surface area (Å²) >= 11 is 1.37. The highest BCUT2D eigenvalue weighted by Gasteiger charge is 2.09. The van der Waals surface area contributed by atoms with E-state index < -0.39 is 10.8 Å². The zero-order valence-corrected chi connectivity index (χ0v) is 13.3. The third-order valence-electron chi connectivity index (χ3n) is 2.73. The number of fused-ring (bicyclic) bond motifs is 1. The topological polar surface area (TPSA) is 94.3 Å². The Kier molecular flexibility index (Phi) is 5.66. The maximum absolute atomic E-state index is 11.8. The highest BCUT2D eigenvalue weighted by atomic mass is 32.2. The van der Waals surface area contributed by atoms with Crippen LogP contribution >= 0.6 is 11.3 Å². The van der Waals surface area contributed by atoms with Gasteiger partial charge in [-0.1, -0.05) is 11.3 Å². The first-order valence-corrected chi connectivity index (χ1v) is 8.69. The van der Waals surface area contributed by atoms with Gasteiger partial charge in [-0.05, 0) is 18.2 Å². The maximum atomic E-state index is 11.8. The molecule has 3 N–H and O–H groups in total. The molecule has 8 heteroatoms. The molecule has 0 spiro atoms. The Labute approximate surface area is 129 Å². The maximum Gasteiger partial charge on any atom is 0.227 e. The number of amides is 1. The molecule has 1 unspecified atom stereocenters. The smallest absolute Gasteiger partial charge is 0.227 e. The van der Waals surface area contributed by atoms with E-state index in [0.717, 1.165) is 10.2 Å². The number of methoxy groups -OCH3 is 1. The van der Waals surface area contributed by atoms with Gasteiger partial charge in [0.2, 0.25) is 5.91 Å². The van der Waals surface area contributed by atoms with Crippen LogP contribution in [0.4, 0.5) is 10.8 Å². The van der Waals surface area contributed by atoms with E-state index in [1.807, 2.05) is 12.1 Å². The van der Waals surface area contributed by atoms with Gasteiger partial charge in [-0.2, -0.15) is 0 Å². The number of nitrogens with zero attached hydrogens (tertiary/aromatic N) is 1. The summed E-state index contributed by atoms with van der Waals surface area (Å²) in [7, 11) is 0.524. The van der Waals surface area contributed by atoms with E-state index in [0.29, 0.717) is 28.9 Å². The fourth-order valence-electron chi connectivity index (χ4n) is 1.66. The average molecular weight is 327 g/mol. The molecule has 1 aromatic heterocycles. The number of anilines is 2. The summed E-state index contributed by atoms with van der Waals surface area (Å²) < 4.78 is 17.3. The number of carbonyl (C=O) groups excluding carboxylic acids is 1. The molecule has 0 fully saturated rings. The van der Waals surface area contributed by atoms with Gasteiger partial charge < -0.3 is 15.8 Å². The van der Waals surface area contributed by atoms with E-state index in [2.05, 4.69) is 10.3 Å². The summed E-state index contributed by atoms with van der Waals surface area (Å²) in [5.41, 5.74) is 7.17. The fourth-order valence-corrected chi connectivity index (χ4v) is 3.56. The Bertz CT molecular complexity index is 657.